The van der Waals surface area contributed by atoms with Crippen molar-refractivity contribution in [2.45, 2.75) is 26.3 Å². The zero-order valence-electron chi connectivity index (χ0n) is 9.52. The van der Waals surface area contributed by atoms with Gasteiger partial charge >= 0.3 is 0 Å². The number of nitrogens with two attached hydrogens (primary N) is 1. The van der Waals surface area contributed by atoms with Crippen molar-refractivity contribution < 1.29 is 9.50 Å². The van der Waals surface area contributed by atoms with E-state index in [1.807, 2.05) is 13.8 Å². The molecule has 0 fully saturated rings. The molecule has 1 rings (SSSR count). The Morgan fingerprint density at radius 1 is 1.56 bits per heavy atom. The fraction of sp³-hybridized carbons (Fsp3) is 0.600. The number of rotatable bonds is 5. The number of aliphatic hydroxyl groups excluding tert-OH is 1. The number of hydrogen-bond acceptors (Lipinski definition) is 5. The van der Waals surface area contributed by atoms with Gasteiger partial charge in [0.05, 0.1) is 6.20 Å². The van der Waals surface area contributed by atoms with Crippen LogP contribution in [0.25, 0.3) is 0 Å². The van der Waals surface area contributed by atoms with Gasteiger partial charge in [-0.3, -0.25) is 0 Å². The average molecular weight is 228 g/mol. The highest BCUT2D eigenvalue weighted by atomic mass is 19.1. The zero-order valence-corrected chi connectivity index (χ0v) is 9.52. The summed E-state index contributed by atoms with van der Waals surface area (Å²) in [6.45, 7) is 4.44. The SMILES string of the molecule is CC(C)N(CCCO)c1nc(N)ncc1F. The lowest BCUT2D eigenvalue weighted by atomic mass is 10.3. The quantitative estimate of drug-likeness (QED) is 0.779. The molecular formula is C10H17FN4O. The Kier molecular flexibility index (Phi) is 4.42. The number of nitrogen functional groups attached to an aromatic ring is 1. The van der Waals surface area contributed by atoms with Crippen molar-refractivity contribution in [1.82, 2.24) is 9.97 Å². The van der Waals surface area contributed by atoms with E-state index in [1.54, 1.807) is 4.90 Å². The molecule has 0 saturated carbocycles. The van der Waals surface area contributed by atoms with Gasteiger partial charge < -0.3 is 15.7 Å². The molecule has 0 spiro atoms. The minimum absolute atomic E-state index is 0.0473. The third-order valence-electron chi connectivity index (χ3n) is 2.20. The zero-order chi connectivity index (χ0) is 12.1. The van der Waals surface area contributed by atoms with Crippen molar-refractivity contribution in [1.29, 1.82) is 0 Å². The monoisotopic (exact) mass is 228 g/mol. The molecule has 0 radical (unpaired) electrons. The van der Waals surface area contributed by atoms with Gasteiger partial charge in [0.15, 0.2) is 11.6 Å². The maximum Gasteiger partial charge on any atom is 0.222 e. The van der Waals surface area contributed by atoms with Gasteiger partial charge in [0.2, 0.25) is 5.95 Å². The summed E-state index contributed by atoms with van der Waals surface area (Å²) in [5.41, 5.74) is 5.43. The first-order valence-corrected chi connectivity index (χ1v) is 5.21. The average Bonchev–Trinajstić information content (AvgIpc) is 2.23. The molecule has 16 heavy (non-hydrogen) atoms. The van der Waals surface area contributed by atoms with Gasteiger partial charge in [-0.25, -0.2) is 9.37 Å². The van der Waals surface area contributed by atoms with Crippen LogP contribution in [0.4, 0.5) is 16.2 Å². The van der Waals surface area contributed by atoms with Gasteiger partial charge in [-0.15, -0.1) is 0 Å². The summed E-state index contributed by atoms with van der Waals surface area (Å²) >= 11 is 0. The third-order valence-corrected chi connectivity index (χ3v) is 2.20. The van der Waals surface area contributed by atoms with Crippen LogP contribution < -0.4 is 10.6 Å². The highest BCUT2D eigenvalue weighted by Gasteiger charge is 2.16. The summed E-state index contributed by atoms with van der Waals surface area (Å²) in [6, 6.07) is 0.0790. The lowest BCUT2D eigenvalue weighted by molar-refractivity contribution is 0.288. The molecule has 1 aromatic rings. The predicted octanol–water partition coefficient (Wildman–Crippen LogP) is 0.795. The summed E-state index contributed by atoms with van der Waals surface area (Å²) in [4.78, 5) is 9.21. The predicted molar refractivity (Wildman–Crippen MR) is 60.6 cm³/mol. The van der Waals surface area contributed by atoms with Crippen molar-refractivity contribution in [2.24, 2.45) is 0 Å². The van der Waals surface area contributed by atoms with Crippen molar-refractivity contribution in [2.75, 3.05) is 23.8 Å². The van der Waals surface area contributed by atoms with E-state index in [0.717, 1.165) is 6.20 Å². The molecule has 0 aliphatic heterocycles. The van der Waals surface area contributed by atoms with Crippen molar-refractivity contribution in [3.8, 4) is 0 Å². The Morgan fingerprint density at radius 2 is 2.25 bits per heavy atom. The van der Waals surface area contributed by atoms with Crippen molar-refractivity contribution >= 4 is 11.8 Å². The fourth-order valence-electron chi connectivity index (χ4n) is 1.42. The minimum atomic E-state index is -0.499. The standard InChI is InChI=1S/C10H17FN4O/c1-7(2)15(4-3-5-16)9-8(11)6-13-10(12)14-9/h6-7,16H,3-5H2,1-2H3,(H2,12,13,14). The van der Waals surface area contributed by atoms with Gasteiger partial charge in [-0.1, -0.05) is 0 Å². The number of aromatic nitrogens is 2. The van der Waals surface area contributed by atoms with Crippen LogP contribution in [0.3, 0.4) is 0 Å². The van der Waals surface area contributed by atoms with Gasteiger partial charge in [0.25, 0.3) is 0 Å². The number of halogens is 1. The molecule has 1 aromatic heterocycles. The summed E-state index contributed by atoms with van der Waals surface area (Å²) < 4.78 is 13.5. The fourth-order valence-corrected chi connectivity index (χ4v) is 1.42. The van der Waals surface area contributed by atoms with E-state index >= 15 is 0 Å². The molecule has 0 aliphatic carbocycles. The highest BCUT2D eigenvalue weighted by molar-refractivity contribution is 5.43. The number of nitrogens with zero attached hydrogens (tertiary/aromatic N) is 3. The van der Waals surface area contributed by atoms with Crippen LogP contribution >= 0.6 is 0 Å². The van der Waals surface area contributed by atoms with E-state index < -0.39 is 5.82 Å². The Balaban J connectivity index is 2.95. The van der Waals surface area contributed by atoms with E-state index in [4.69, 9.17) is 10.8 Å². The summed E-state index contributed by atoms with van der Waals surface area (Å²) in [7, 11) is 0. The number of aliphatic hydroxyl groups is 1. The Morgan fingerprint density at radius 3 is 2.81 bits per heavy atom. The first kappa shape index (κ1) is 12.6. The Labute approximate surface area is 94.1 Å². The normalized spacial score (nSPS) is 10.8. The summed E-state index contributed by atoms with van der Waals surface area (Å²) in [5.74, 6) is -0.261. The third kappa shape index (κ3) is 3.03. The first-order chi connectivity index (χ1) is 7.56. The van der Waals surface area contributed by atoms with Crippen LogP contribution in [-0.4, -0.2) is 34.3 Å². The molecule has 0 saturated heterocycles. The van der Waals surface area contributed by atoms with E-state index in [1.165, 1.54) is 0 Å². The molecule has 0 aromatic carbocycles. The molecule has 3 N–H and O–H groups in total. The highest BCUT2D eigenvalue weighted by Crippen LogP contribution is 2.18. The van der Waals surface area contributed by atoms with Crippen LogP contribution in [0.2, 0.25) is 0 Å². The van der Waals surface area contributed by atoms with E-state index in [-0.39, 0.29) is 24.4 Å². The molecule has 0 unspecified atom stereocenters. The lowest BCUT2D eigenvalue weighted by Gasteiger charge is -2.27. The topological polar surface area (TPSA) is 75.3 Å². The molecular weight excluding hydrogens is 211 g/mol. The van der Waals surface area contributed by atoms with Crippen LogP contribution in [0, 0.1) is 5.82 Å². The first-order valence-electron chi connectivity index (χ1n) is 5.21. The van der Waals surface area contributed by atoms with E-state index in [0.29, 0.717) is 13.0 Å². The van der Waals surface area contributed by atoms with Crippen LogP contribution in [0.1, 0.15) is 20.3 Å². The molecule has 0 atom stereocenters. The Hall–Kier alpha value is -1.43. The van der Waals surface area contributed by atoms with E-state index in [2.05, 4.69) is 9.97 Å². The second-order valence-electron chi connectivity index (χ2n) is 3.76. The van der Waals surface area contributed by atoms with Gasteiger partial charge in [0, 0.05) is 19.2 Å². The van der Waals surface area contributed by atoms with Crippen molar-refractivity contribution in [3.63, 3.8) is 0 Å². The van der Waals surface area contributed by atoms with Crippen LogP contribution in [-0.2, 0) is 0 Å². The molecule has 0 aliphatic rings. The number of hydrogen-bond donors (Lipinski definition) is 2. The van der Waals surface area contributed by atoms with Crippen molar-refractivity contribution in [3.05, 3.63) is 12.0 Å². The molecule has 5 nitrogen and oxygen atoms in total. The molecule has 6 heteroatoms. The molecule has 0 bridgehead atoms. The smallest absolute Gasteiger partial charge is 0.222 e. The largest absolute Gasteiger partial charge is 0.396 e. The lowest BCUT2D eigenvalue weighted by Crippen LogP contribution is -2.34. The second-order valence-corrected chi connectivity index (χ2v) is 3.76. The maximum absolute atomic E-state index is 13.5. The summed E-state index contributed by atoms with van der Waals surface area (Å²) in [6.07, 6.45) is 1.62. The van der Waals surface area contributed by atoms with Gasteiger partial charge in [0.1, 0.15) is 0 Å². The van der Waals surface area contributed by atoms with Crippen LogP contribution in [0.5, 0.6) is 0 Å². The molecule has 1 heterocycles. The van der Waals surface area contributed by atoms with Crippen LogP contribution in [0.15, 0.2) is 6.20 Å². The minimum Gasteiger partial charge on any atom is -0.396 e. The van der Waals surface area contributed by atoms with Gasteiger partial charge in [-0.2, -0.15) is 4.98 Å². The van der Waals surface area contributed by atoms with Gasteiger partial charge in [-0.05, 0) is 20.3 Å². The summed E-state index contributed by atoms with van der Waals surface area (Å²) in [5, 5.41) is 8.79. The number of anilines is 2. The van der Waals surface area contributed by atoms with E-state index in [9.17, 15) is 4.39 Å². The second kappa shape index (κ2) is 5.60. The Bertz CT molecular complexity index is 346. The maximum atomic E-state index is 13.5. The molecule has 0 amide bonds. The molecule has 90 valence electrons.